The zero-order valence-corrected chi connectivity index (χ0v) is 13.0. The molecule has 1 aliphatic rings. The number of aryl methyl sites for hydroxylation is 1. The van der Waals surface area contributed by atoms with Gasteiger partial charge in [0.25, 0.3) is 11.6 Å². The summed E-state index contributed by atoms with van der Waals surface area (Å²) in [5.41, 5.74) is 8.11. The molecule has 0 saturated carbocycles. The largest absolute Gasteiger partial charge is 0.335 e. The molecule has 1 fully saturated rings. The predicted octanol–water partition coefficient (Wildman–Crippen LogP) is 1.59. The normalized spacial score (nSPS) is 19.9. The number of nitro benzene ring substituents is 1. The maximum atomic E-state index is 12.4. The first-order chi connectivity index (χ1) is 11.5. The van der Waals surface area contributed by atoms with E-state index in [2.05, 4.69) is 21.2 Å². The standard InChI is InChI=1S/C16H17N5O3/c1-10-2-3-12(21(23)24)8-13(10)16(22)18-15-9-14(19-20-15)11-4-6-17-7-5-11/h2-8,14-15,19-20H,9H2,1H3,(H,18,22). The SMILES string of the molecule is Cc1ccc([N+](=O)[O-])cc1C(=O)NC1CC(c2ccncc2)NN1. The van der Waals surface area contributed by atoms with Gasteiger partial charge in [-0.05, 0) is 30.2 Å². The van der Waals surface area contributed by atoms with Gasteiger partial charge in [-0.25, -0.2) is 10.9 Å². The minimum atomic E-state index is -0.509. The van der Waals surface area contributed by atoms with Crippen molar-refractivity contribution in [1.82, 2.24) is 21.2 Å². The van der Waals surface area contributed by atoms with Crippen LogP contribution in [0.15, 0.2) is 42.7 Å². The molecule has 124 valence electrons. The number of hydrogen-bond acceptors (Lipinski definition) is 6. The van der Waals surface area contributed by atoms with E-state index in [-0.39, 0.29) is 23.8 Å². The lowest BCUT2D eigenvalue weighted by atomic mass is 10.0. The highest BCUT2D eigenvalue weighted by molar-refractivity contribution is 5.96. The monoisotopic (exact) mass is 327 g/mol. The topological polar surface area (TPSA) is 109 Å². The number of hydrazine groups is 1. The molecule has 3 N–H and O–H groups in total. The lowest BCUT2D eigenvalue weighted by Gasteiger charge is -2.13. The summed E-state index contributed by atoms with van der Waals surface area (Å²) in [4.78, 5) is 26.8. The van der Waals surface area contributed by atoms with Crippen LogP contribution in [0.4, 0.5) is 5.69 Å². The number of carbonyl (C=O) groups excluding carboxylic acids is 1. The molecule has 2 unspecified atom stereocenters. The number of benzene rings is 1. The van der Waals surface area contributed by atoms with Crippen LogP contribution >= 0.6 is 0 Å². The average Bonchev–Trinajstić information content (AvgIpc) is 3.04. The van der Waals surface area contributed by atoms with Crippen LogP contribution in [0, 0.1) is 17.0 Å². The smallest absolute Gasteiger partial charge is 0.270 e. The van der Waals surface area contributed by atoms with Crippen LogP contribution in [0.3, 0.4) is 0 Å². The maximum absolute atomic E-state index is 12.4. The van der Waals surface area contributed by atoms with Crippen molar-refractivity contribution in [1.29, 1.82) is 0 Å². The van der Waals surface area contributed by atoms with E-state index < -0.39 is 4.92 Å². The summed E-state index contributed by atoms with van der Waals surface area (Å²) < 4.78 is 0. The van der Waals surface area contributed by atoms with E-state index in [1.807, 2.05) is 12.1 Å². The average molecular weight is 327 g/mol. The number of aromatic nitrogens is 1. The second kappa shape index (κ2) is 6.73. The van der Waals surface area contributed by atoms with Gasteiger partial charge in [0, 0.05) is 42.6 Å². The van der Waals surface area contributed by atoms with Crippen molar-refractivity contribution in [2.24, 2.45) is 0 Å². The van der Waals surface area contributed by atoms with E-state index in [0.717, 1.165) is 5.56 Å². The number of non-ortho nitro benzene ring substituents is 1. The Kier molecular flexibility index (Phi) is 4.50. The molecule has 1 aliphatic heterocycles. The highest BCUT2D eigenvalue weighted by Crippen LogP contribution is 2.21. The molecule has 0 aliphatic carbocycles. The Labute approximate surface area is 138 Å². The summed E-state index contributed by atoms with van der Waals surface area (Å²) >= 11 is 0. The minimum absolute atomic E-state index is 0.0597. The fraction of sp³-hybridized carbons (Fsp3) is 0.250. The van der Waals surface area contributed by atoms with Gasteiger partial charge in [-0.1, -0.05) is 6.07 Å². The Hall–Kier alpha value is -2.84. The van der Waals surface area contributed by atoms with Gasteiger partial charge >= 0.3 is 0 Å². The summed E-state index contributed by atoms with van der Waals surface area (Å²) in [6.45, 7) is 1.75. The van der Waals surface area contributed by atoms with Gasteiger partial charge in [0.05, 0.1) is 11.1 Å². The molecule has 2 aromatic rings. The van der Waals surface area contributed by atoms with E-state index in [0.29, 0.717) is 17.5 Å². The molecular weight excluding hydrogens is 310 g/mol. The predicted molar refractivity (Wildman–Crippen MR) is 87.0 cm³/mol. The van der Waals surface area contributed by atoms with Gasteiger partial charge in [0.1, 0.15) is 0 Å². The molecule has 1 saturated heterocycles. The number of rotatable bonds is 4. The van der Waals surface area contributed by atoms with Crippen molar-refractivity contribution < 1.29 is 9.72 Å². The third kappa shape index (κ3) is 3.39. The second-order valence-electron chi connectivity index (χ2n) is 5.64. The molecule has 0 radical (unpaired) electrons. The first kappa shape index (κ1) is 16.0. The quantitative estimate of drug-likeness (QED) is 0.581. The van der Waals surface area contributed by atoms with Crippen molar-refractivity contribution >= 4 is 11.6 Å². The molecule has 8 nitrogen and oxygen atoms in total. The van der Waals surface area contributed by atoms with Crippen molar-refractivity contribution in [3.05, 3.63) is 69.5 Å². The van der Waals surface area contributed by atoms with Crippen LogP contribution in [0.1, 0.15) is 33.9 Å². The zero-order valence-electron chi connectivity index (χ0n) is 13.0. The fourth-order valence-corrected chi connectivity index (χ4v) is 2.67. The summed E-state index contributed by atoms with van der Waals surface area (Å²) in [5, 5.41) is 13.7. The first-order valence-corrected chi connectivity index (χ1v) is 7.51. The van der Waals surface area contributed by atoms with Crippen LogP contribution in [0.25, 0.3) is 0 Å². The van der Waals surface area contributed by atoms with Gasteiger partial charge in [-0.2, -0.15) is 0 Å². The van der Waals surface area contributed by atoms with Gasteiger partial charge in [0.15, 0.2) is 0 Å². The molecule has 1 aromatic carbocycles. The molecule has 1 aromatic heterocycles. The molecule has 0 spiro atoms. The Morgan fingerprint density at radius 1 is 1.29 bits per heavy atom. The molecule has 3 rings (SSSR count). The highest BCUT2D eigenvalue weighted by atomic mass is 16.6. The van der Waals surface area contributed by atoms with Crippen LogP contribution in [-0.2, 0) is 0 Å². The molecule has 24 heavy (non-hydrogen) atoms. The lowest BCUT2D eigenvalue weighted by Crippen LogP contribution is -2.44. The number of pyridine rings is 1. The number of nitro groups is 1. The molecule has 8 heteroatoms. The van der Waals surface area contributed by atoms with Crippen molar-refractivity contribution in [3.8, 4) is 0 Å². The number of hydrogen-bond donors (Lipinski definition) is 3. The summed E-state index contributed by atoms with van der Waals surface area (Å²) in [7, 11) is 0. The lowest BCUT2D eigenvalue weighted by molar-refractivity contribution is -0.384. The van der Waals surface area contributed by atoms with E-state index >= 15 is 0 Å². The molecule has 2 heterocycles. The number of carbonyl (C=O) groups is 1. The molecule has 1 amide bonds. The number of nitrogens with zero attached hydrogens (tertiary/aromatic N) is 2. The van der Waals surface area contributed by atoms with E-state index in [1.165, 1.54) is 12.1 Å². The summed E-state index contributed by atoms with van der Waals surface area (Å²) in [6.07, 6.45) is 3.82. The van der Waals surface area contributed by atoms with Crippen LogP contribution in [0.5, 0.6) is 0 Å². The molecule has 2 atom stereocenters. The van der Waals surface area contributed by atoms with Crippen LogP contribution in [-0.4, -0.2) is 22.0 Å². The Morgan fingerprint density at radius 3 is 2.75 bits per heavy atom. The Morgan fingerprint density at radius 2 is 2.04 bits per heavy atom. The molecule has 0 bridgehead atoms. The van der Waals surface area contributed by atoms with Crippen molar-refractivity contribution in [2.45, 2.75) is 25.6 Å². The first-order valence-electron chi connectivity index (χ1n) is 7.51. The third-order valence-corrected chi connectivity index (χ3v) is 3.99. The van der Waals surface area contributed by atoms with Gasteiger partial charge in [-0.15, -0.1) is 0 Å². The van der Waals surface area contributed by atoms with E-state index in [9.17, 15) is 14.9 Å². The zero-order chi connectivity index (χ0) is 17.1. The minimum Gasteiger partial charge on any atom is -0.335 e. The maximum Gasteiger partial charge on any atom is 0.270 e. The molecular formula is C16H17N5O3. The third-order valence-electron chi connectivity index (χ3n) is 3.99. The Balaban J connectivity index is 1.68. The van der Waals surface area contributed by atoms with Crippen molar-refractivity contribution in [2.75, 3.05) is 0 Å². The van der Waals surface area contributed by atoms with E-state index in [1.54, 1.807) is 25.4 Å². The van der Waals surface area contributed by atoms with Crippen molar-refractivity contribution in [3.63, 3.8) is 0 Å². The second-order valence-corrected chi connectivity index (χ2v) is 5.64. The number of nitrogens with one attached hydrogen (secondary N) is 3. The van der Waals surface area contributed by atoms with Crippen LogP contribution in [0.2, 0.25) is 0 Å². The fourth-order valence-electron chi connectivity index (χ4n) is 2.67. The Bertz CT molecular complexity index is 766. The summed E-state index contributed by atoms with van der Waals surface area (Å²) in [6, 6.07) is 8.15. The highest BCUT2D eigenvalue weighted by Gasteiger charge is 2.27. The summed E-state index contributed by atoms with van der Waals surface area (Å²) in [5.74, 6) is -0.342. The van der Waals surface area contributed by atoms with Gasteiger partial charge < -0.3 is 5.32 Å². The number of amides is 1. The van der Waals surface area contributed by atoms with Gasteiger partial charge in [0.2, 0.25) is 0 Å². The van der Waals surface area contributed by atoms with Gasteiger partial charge in [-0.3, -0.25) is 19.9 Å². The van der Waals surface area contributed by atoms with Crippen LogP contribution < -0.4 is 16.2 Å². The van der Waals surface area contributed by atoms with E-state index in [4.69, 9.17) is 0 Å².